The van der Waals surface area contributed by atoms with E-state index in [1.165, 1.54) is 0 Å². The number of aromatic nitrogens is 2. The first-order valence-electron chi connectivity index (χ1n) is 6.13. The minimum Gasteiger partial charge on any atom is -0.447 e. The third-order valence-corrected chi connectivity index (χ3v) is 2.85. The smallest absolute Gasteiger partial charge is 0.407 e. The molecule has 98 valence electrons. The molecule has 3 rings (SSSR count). The number of carbonyl (C=O) groups is 1. The molecule has 1 fully saturated rings. The fraction of sp³-hybridized carbons (Fsp3) is 0.133. The molecule has 0 bridgehead atoms. The summed E-state index contributed by atoms with van der Waals surface area (Å²) in [5.74, 6) is 6.39. The summed E-state index contributed by atoms with van der Waals surface area (Å²) in [5, 5.41) is 2.74. The zero-order valence-corrected chi connectivity index (χ0v) is 10.5. The largest absolute Gasteiger partial charge is 0.447 e. The van der Waals surface area contributed by atoms with Crippen LogP contribution >= 0.6 is 0 Å². The van der Waals surface area contributed by atoms with Gasteiger partial charge in [-0.15, -0.1) is 0 Å². The average molecular weight is 265 g/mol. The van der Waals surface area contributed by atoms with E-state index in [9.17, 15) is 4.79 Å². The summed E-state index contributed by atoms with van der Waals surface area (Å²) in [5.41, 5.74) is 1.81. The molecule has 1 aliphatic rings. The predicted molar refractivity (Wildman–Crippen MR) is 71.7 cm³/mol. The van der Waals surface area contributed by atoms with Crippen molar-refractivity contribution in [2.45, 2.75) is 6.04 Å². The summed E-state index contributed by atoms with van der Waals surface area (Å²) in [4.78, 5) is 19.1. The molecule has 5 heteroatoms. The van der Waals surface area contributed by atoms with Crippen LogP contribution in [-0.4, -0.2) is 22.7 Å². The van der Waals surface area contributed by atoms with Gasteiger partial charge in [0.25, 0.3) is 0 Å². The molecular weight excluding hydrogens is 254 g/mol. The number of nitrogens with zero attached hydrogens (tertiary/aromatic N) is 2. The topological polar surface area (TPSA) is 64.1 Å². The van der Waals surface area contributed by atoms with Crippen LogP contribution in [0.15, 0.2) is 42.7 Å². The molecule has 0 unspecified atom stereocenters. The van der Waals surface area contributed by atoms with Crippen LogP contribution in [0, 0.1) is 11.8 Å². The van der Waals surface area contributed by atoms with Crippen molar-refractivity contribution in [3.8, 4) is 11.8 Å². The Labute approximate surface area is 116 Å². The normalized spacial score (nSPS) is 16.8. The van der Waals surface area contributed by atoms with Gasteiger partial charge in [-0.2, -0.15) is 0 Å². The highest BCUT2D eigenvalue weighted by molar-refractivity contribution is 5.70. The lowest BCUT2D eigenvalue weighted by Crippen LogP contribution is -2.18. The fourth-order valence-electron chi connectivity index (χ4n) is 1.89. The van der Waals surface area contributed by atoms with Crippen LogP contribution in [-0.2, 0) is 4.74 Å². The van der Waals surface area contributed by atoms with Crippen molar-refractivity contribution in [1.29, 1.82) is 0 Å². The van der Waals surface area contributed by atoms with Crippen molar-refractivity contribution in [2.75, 3.05) is 6.61 Å². The van der Waals surface area contributed by atoms with Crippen LogP contribution in [0.5, 0.6) is 0 Å². The number of nitrogens with one attached hydrogen (secondary N) is 1. The maximum Gasteiger partial charge on any atom is 0.407 e. The fourth-order valence-corrected chi connectivity index (χ4v) is 1.89. The standard InChI is InChI=1S/C15H11N3O2/c19-15-18-13(10-20-15)12-4-1-3-11(9-12)5-6-14-16-7-2-8-17-14/h1-4,7-9,13H,10H2,(H,18,19)/t13-/m0/s1. The number of hydrogen-bond donors (Lipinski definition) is 1. The Balaban J connectivity index is 1.82. The summed E-state index contributed by atoms with van der Waals surface area (Å²) in [6, 6.07) is 9.29. The van der Waals surface area contributed by atoms with E-state index in [-0.39, 0.29) is 12.1 Å². The summed E-state index contributed by atoms with van der Waals surface area (Å²) in [7, 11) is 0. The van der Waals surface area contributed by atoms with E-state index in [1.54, 1.807) is 18.5 Å². The Morgan fingerprint density at radius 3 is 2.80 bits per heavy atom. The molecule has 20 heavy (non-hydrogen) atoms. The Bertz CT molecular complexity index is 689. The highest BCUT2D eigenvalue weighted by Crippen LogP contribution is 2.18. The molecule has 1 aliphatic heterocycles. The minimum absolute atomic E-state index is 0.114. The molecule has 5 nitrogen and oxygen atoms in total. The predicted octanol–water partition coefficient (Wildman–Crippen LogP) is 1.66. The van der Waals surface area contributed by atoms with Gasteiger partial charge < -0.3 is 10.1 Å². The first kappa shape index (κ1) is 12.2. The molecule has 1 N–H and O–H groups in total. The first-order valence-corrected chi connectivity index (χ1v) is 6.13. The zero-order chi connectivity index (χ0) is 13.8. The monoisotopic (exact) mass is 265 g/mol. The number of carbonyl (C=O) groups excluding carboxylic acids is 1. The third kappa shape index (κ3) is 2.75. The molecule has 2 heterocycles. The molecule has 0 spiro atoms. The van der Waals surface area contributed by atoms with E-state index in [0.717, 1.165) is 11.1 Å². The molecule has 0 radical (unpaired) electrons. The van der Waals surface area contributed by atoms with E-state index in [0.29, 0.717) is 12.4 Å². The Hall–Kier alpha value is -2.87. The third-order valence-electron chi connectivity index (χ3n) is 2.85. The average Bonchev–Trinajstić information content (AvgIpc) is 2.93. The summed E-state index contributed by atoms with van der Waals surface area (Å²) in [6.45, 7) is 0.345. The Morgan fingerprint density at radius 1 is 1.20 bits per heavy atom. The zero-order valence-electron chi connectivity index (χ0n) is 10.5. The second kappa shape index (κ2) is 5.41. The number of alkyl carbamates (subject to hydrolysis) is 1. The van der Waals surface area contributed by atoms with Gasteiger partial charge in [0.05, 0.1) is 6.04 Å². The van der Waals surface area contributed by atoms with Crippen LogP contribution in [0.4, 0.5) is 4.79 Å². The maximum absolute atomic E-state index is 11.0. The van der Waals surface area contributed by atoms with Crippen molar-refractivity contribution in [3.05, 3.63) is 59.7 Å². The second-order valence-electron chi connectivity index (χ2n) is 4.24. The molecule has 1 aromatic carbocycles. The van der Waals surface area contributed by atoms with E-state index < -0.39 is 0 Å². The van der Waals surface area contributed by atoms with Crippen molar-refractivity contribution in [1.82, 2.24) is 15.3 Å². The van der Waals surface area contributed by atoms with Gasteiger partial charge in [-0.1, -0.05) is 18.1 Å². The molecule has 1 amide bonds. The lowest BCUT2D eigenvalue weighted by Gasteiger charge is -2.07. The van der Waals surface area contributed by atoms with Gasteiger partial charge in [-0.25, -0.2) is 14.8 Å². The lowest BCUT2D eigenvalue weighted by molar-refractivity contribution is 0.177. The number of hydrogen-bond acceptors (Lipinski definition) is 4. The van der Waals surface area contributed by atoms with Gasteiger partial charge in [-0.3, -0.25) is 0 Å². The lowest BCUT2D eigenvalue weighted by atomic mass is 10.1. The molecule has 1 aromatic heterocycles. The highest BCUT2D eigenvalue weighted by atomic mass is 16.6. The molecule has 1 atom stereocenters. The molecule has 0 saturated carbocycles. The summed E-state index contributed by atoms with van der Waals surface area (Å²) in [6.07, 6.45) is 2.92. The van der Waals surface area contributed by atoms with Crippen molar-refractivity contribution < 1.29 is 9.53 Å². The molecular formula is C15H11N3O2. The number of cyclic esters (lactones) is 1. The maximum atomic E-state index is 11.0. The van der Waals surface area contributed by atoms with Crippen LogP contribution in [0.25, 0.3) is 0 Å². The van der Waals surface area contributed by atoms with Crippen molar-refractivity contribution >= 4 is 6.09 Å². The molecule has 0 aliphatic carbocycles. The number of amides is 1. The van der Waals surface area contributed by atoms with Crippen molar-refractivity contribution in [3.63, 3.8) is 0 Å². The molecule has 1 saturated heterocycles. The first-order chi connectivity index (χ1) is 9.81. The van der Waals surface area contributed by atoms with Gasteiger partial charge >= 0.3 is 6.09 Å². The van der Waals surface area contributed by atoms with Gasteiger partial charge in [-0.05, 0) is 29.7 Å². The van der Waals surface area contributed by atoms with E-state index in [2.05, 4.69) is 27.1 Å². The Kier molecular flexibility index (Phi) is 3.29. The van der Waals surface area contributed by atoms with E-state index in [1.807, 2.05) is 24.3 Å². The van der Waals surface area contributed by atoms with Crippen molar-refractivity contribution in [2.24, 2.45) is 0 Å². The van der Waals surface area contributed by atoms with E-state index in [4.69, 9.17) is 4.74 Å². The number of ether oxygens (including phenoxy) is 1. The van der Waals surface area contributed by atoms with Crippen LogP contribution in [0.3, 0.4) is 0 Å². The molecule has 2 aromatic rings. The van der Waals surface area contributed by atoms with Crippen LogP contribution in [0.2, 0.25) is 0 Å². The quantitative estimate of drug-likeness (QED) is 0.796. The van der Waals surface area contributed by atoms with Crippen LogP contribution in [0.1, 0.15) is 23.0 Å². The second-order valence-corrected chi connectivity index (χ2v) is 4.24. The highest BCUT2D eigenvalue weighted by Gasteiger charge is 2.23. The van der Waals surface area contributed by atoms with Gasteiger partial charge in [0.2, 0.25) is 5.82 Å². The number of rotatable bonds is 1. The Morgan fingerprint density at radius 2 is 2.05 bits per heavy atom. The SMILES string of the molecule is O=C1N[C@H](c2cccc(C#Cc3ncccn3)c2)CO1. The minimum atomic E-state index is -0.385. The van der Waals surface area contributed by atoms with Crippen LogP contribution < -0.4 is 5.32 Å². The van der Waals surface area contributed by atoms with Gasteiger partial charge in [0.1, 0.15) is 6.61 Å². The van der Waals surface area contributed by atoms with E-state index >= 15 is 0 Å². The van der Waals surface area contributed by atoms with Gasteiger partial charge in [0.15, 0.2) is 0 Å². The summed E-state index contributed by atoms with van der Waals surface area (Å²) >= 11 is 0. The number of benzene rings is 1. The van der Waals surface area contributed by atoms with Gasteiger partial charge in [0, 0.05) is 18.0 Å². The summed E-state index contributed by atoms with van der Waals surface area (Å²) < 4.78 is 4.88.